The Morgan fingerprint density at radius 3 is 2.69 bits per heavy atom. The summed E-state index contributed by atoms with van der Waals surface area (Å²) in [5.41, 5.74) is 2.12. The van der Waals surface area contributed by atoms with Gasteiger partial charge in [-0.05, 0) is 6.07 Å². The van der Waals surface area contributed by atoms with Gasteiger partial charge in [-0.1, -0.05) is 35.5 Å². The lowest BCUT2D eigenvalue weighted by Crippen LogP contribution is -2.33. The van der Waals surface area contributed by atoms with Gasteiger partial charge in [0, 0.05) is 11.6 Å². The SMILES string of the molecule is ON=Cc1ccc[n+](Cc2ccccc2)c1. The number of hydrogen-bond acceptors (Lipinski definition) is 2. The minimum absolute atomic E-state index is 0.813. The second-order valence-electron chi connectivity index (χ2n) is 3.54. The van der Waals surface area contributed by atoms with Gasteiger partial charge in [-0.3, -0.25) is 0 Å². The predicted molar refractivity (Wildman–Crippen MR) is 61.6 cm³/mol. The molecule has 0 amide bonds. The molecule has 0 unspecified atom stereocenters. The Balaban J connectivity index is 2.19. The molecule has 0 spiro atoms. The van der Waals surface area contributed by atoms with E-state index in [9.17, 15) is 0 Å². The number of oxime groups is 1. The van der Waals surface area contributed by atoms with Crippen LogP contribution in [-0.2, 0) is 6.54 Å². The molecule has 2 rings (SSSR count). The van der Waals surface area contributed by atoms with Gasteiger partial charge in [-0.2, -0.15) is 0 Å². The highest BCUT2D eigenvalue weighted by atomic mass is 16.4. The lowest BCUT2D eigenvalue weighted by Gasteiger charge is -1.97. The molecule has 1 heterocycles. The van der Waals surface area contributed by atoms with Gasteiger partial charge in [0.05, 0.1) is 11.8 Å². The number of aromatic nitrogens is 1. The second kappa shape index (κ2) is 5.07. The van der Waals surface area contributed by atoms with Crippen molar-refractivity contribution in [3.63, 3.8) is 0 Å². The van der Waals surface area contributed by atoms with Crippen LogP contribution in [0.1, 0.15) is 11.1 Å². The van der Waals surface area contributed by atoms with E-state index in [1.54, 1.807) is 0 Å². The average Bonchev–Trinajstić information content (AvgIpc) is 2.31. The molecule has 16 heavy (non-hydrogen) atoms. The summed E-state index contributed by atoms with van der Waals surface area (Å²) in [5, 5.41) is 11.5. The van der Waals surface area contributed by atoms with E-state index in [0.717, 1.165) is 12.1 Å². The average molecular weight is 213 g/mol. The predicted octanol–water partition coefficient (Wildman–Crippen LogP) is 1.83. The molecule has 0 fully saturated rings. The van der Waals surface area contributed by atoms with Crippen molar-refractivity contribution in [2.45, 2.75) is 6.54 Å². The highest BCUT2D eigenvalue weighted by molar-refractivity contribution is 5.77. The Labute approximate surface area is 94.3 Å². The molecule has 0 saturated carbocycles. The third-order valence-electron chi connectivity index (χ3n) is 2.30. The summed E-state index contributed by atoms with van der Waals surface area (Å²) in [6.07, 6.45) is 5.34. The number of nitrogens with zero attached hydrogens (tertiary/aromatic N) is 2. The van der Waals surface area contributed by atoms with Crippen molar-refractivity contribution < 1.29 is 9.77 Å². The first-order valence-electron chi connectivity index (χ1n) is 5.09. The van der Waals surface area contributed by atoms with Crippen molar-refractivity contribution >= 4 is 6.21 Å². The number of benzene rings is 1. The van der Waals surface area contributed by atoms with Crippen molar-refractivity contribution in [3.8, 4) is 0 Å². The molecule has 2 aromatic rings. The number of hydrogen-bond donors (Lipinski definition) is 1. The molecule has 3 nitrogen and oxygen atoms in total. The summed E-state index contributed by atoms with van der Waals surface area (Å²) in [4.78, 5) is 0. The molecule has 1 aromatic carbocycles. The first-order chi connectivity index (χ1) is 7.88. The summed E-state index contributed by atoms with van der Waals surface area (Å²) in [6.45, 7) is 0.813. The molecular weight excluding hydrogens is 200 g/mol. The lowest BCUT2D eigenvalue weighted by molar-refractivity contribution is -0.688. The van der Waals surface area contributed by atoms with Crippen LogP contribution in [-0.4, -0.2) is 11.4 Å². The molecular formula is C13H13N2O+. The van der Waals surface area contributed by atoms with Crippen LogP contribution in [0, 0.1) is 0 Å². The maximum absolute atomic E-state index is 8.46. The zero-order valence-corrected chi connectivity index (χ0v) is 8.82. The van der Waals surface area contributed by atoms with E-state index in [4.69, 9.17) is 5.21 Å². The largest absolute Gasteiger partial charge is 0.411 e. The normalized spacial score (nSPS) is 10.8. The van der Waals surface area contributed by atoms with E-state index in [-0.39, 0.29) is 0 Å². The third kappa shape index (κ3) is 2.67. The van der Waals surface area contributed by atoms with Gasteiger partial charge in [-0.15, -0.1) is 0 Å². The minimum atomic E-state index is 0.813. The Morgan fingerprint density at radius 1 is 1.12 bits per heavy atom. The zero-order valence-electron chi connectivity index (χ0n) is 8.82. The molecule has 1 N–H and O–H groups in total. The Bertz CT molecular complexity index is 480. The van der Waals surface area contributed by atoms with Crippen molar-refractivity contribution in [3.05, 3.63) is 66.0 Å². The van der Waals surface area contributed by atoms with Gasteiger partial charge in [-0.25, -0.2) is 4.57 Å². The first kappa shape index (κ1) is 10.4. The molecule has 0 radical (unpaired) electrons. The van der Waals surface area contributed by atoms with Crippen LogP contribution < -0.4 is 4.57 Å². The van der Waals surface area contributed by atoms with Crippen LogP contribution in [0.5, 0.6) is 0 Å². The first-order valence-corrected chi connectivity index (χ1v) is 5.09. The molecule has 0 aliphatic rings. The Kier molecular flexibility index (Phi) is 3.28. The maximum Gasteiger partial charge on any atom is 0.178 e. The number of pyridine rings is 1. The van der Waals surface area contributed by atoms with E-state index < -0.39 is 0 Å². The van der Waals surface area contributed by atoms with E-state index >= 15 is 0 Å². The molecule has 1 aromatic heterocycles. The van der Waals surface area contributed by atoms with Gasteiger partial charge < -0.3 is 5.21 Å². The highest BCUT2D eigenvalue weighted by Crippen LogP contribution is 1.98. The van der Waals surface area contributed by atoms with Crippen LogP contribution in [0.25, 0.3) is 0 Å². The van der Waals surface area contributed by atoms with Crippen LogP contribution in [0.2, 0.25) is 0 Å². The summed E-state index contributed by atoms with van der Waals surface area (Å²) >= 11 is 0. The van der Waals surface area contributed by atoms with Crippen LogP contribution in [0.3, 0.4) is 0 Å². The standard InChI is InChI=1S/C13H12N2O/c16-14-9-13-7-4-8-15(11-13)10-12-5-2-1-3-6-12/h1-9,11H,10H2/p+1. The second-order valence-corrected chi connectivity index (χ2v) is 3.54. The summed E-state index contributed by atoms with van der Waals surface area (Å²) in [5.74, 6) is 0. The van der Waals surface area contributed by atoms with E-state index in [1.807, 2.05) is 47.3 Å². The summed E-state index contributed by atoms with van der Waals surface area (Å²) in [7, 11) is 0. The molecule has 0 aliphatic heterocycles. The topological polar surface area (TPSA) is 36.5 Å². The highest BCUT2D eigenvalue weighted by Gasteiger charge is 2.02. The Morgan fingerprint density at radius 2 is 1.94 bits per heavy atom. The van der Waals surface area contributed by atoms with Gasteiger partial charge >= 0.3 is 0 Å². The summed E-state index contributed by atoms with van der Waals surface area (Å²) in [6, 6.07) is 14.0. The van der Waals surface area contributed by atoms with Crippen LogP contribution in [0.4, 0.5) is 0 Å². The number of rotatable bonds is 3. The van der Waals surface area contributed by atoms with Gasteiger partial charge in [0.1, 0.15) is 0 Å². The molecule has 0 aliphatic carbocycles. The summed E-state index contributed by atoms with van der Waals surface area (Å²) < 4.78 is 2.05. The van der Waals surface area contributed by atoms with E-state index in [1.165, 1.54) is 11.8 Å². The molecule has 0 atom stereocenters. The smallest absolute Gasteiger partial charge is 0.178 e. The van der Waals surface area contributed by atoms with Gasteiger partial charge in [0.25, 0.3) is 0 Å². The lowest BCUT2D eigenvalue weighted by atomic mass is 10.2. The Hall–Kier alpha value is -2.16. The molecule has 3 heteroatoms. The van der Waals surface area contributed by atoms with Gasteiger partial charge in [0.15, 0.2) is 18.9 Å². The fourth-order valence-corrected chi connectivity index (χ4v) is 1.58. The van der Waals surface area contributed by atoms with E-state index in [0.29, 0.717) is 0 Å². The zero-order chi connectivity index (χ0) is 11.2. The van der Waals surface area contributed by atoms with Crippen molar-refractivity contribution in [2.24, 2.45) is 5.16 Å². The van der Waals surface area contributed by atoms with Crippen LogP contribution >= 0.6 is 0 Å². The van der Waals surface area contributed by atoms with Gasteiger partial charge in [0.2, 0.25) is 0 Å². The van der Waals surface area contributed by atoms with E-state index in [2.05, 4.69) is 17.3 Å². The third-order valence-corrected chi connectivity index (χ3v) is 2.30. The monoisotopic (exact) mass is 213 g/mol. The minimum Gasteiger partial charge on any atom is -0.411 e. The quantitative estimate of drug-likeness (QED) is 0.359. The molecule has 0 saturated heterocycles. The van der Waals surface area contributed by atoms with Crippen molar-refractivity contribution in [2.75, 3.05) is 0 Å². The van der Waals surface area contributed by atoms with Crippen LogP contribution in [0.15, 0.2) is 60.0 Å². The molecule has 0 bridgehead atoms. The molecule has 80 valence electrons. The van der Waals surface area contributed by atoms with Crippen molar-refractivity contribution in [1.29, 1.82) is 0 Å². The van der Waals surface area contributed by atoms with Crippen molar-refractivity contribution in [1.82, 2.24) is 0 Å². The fraction of sp³-hybridized carbons (Fsp3) is 0.0769. The fourth-order valence-electron chi connectivity index (χ4n) is 1.58. The maximum atomic E-state index is 8.46.